The number of halogens is 1. The molecule has 0 fully saturated rings. The fourth-order valence-corrected chi connectivity index (χ4v) is 2.03. The Kier molecular flexibility index (Phi) is 4.34. The molecule has 0 aliphatic heterocycles. The van der Waals surface area contributed by atoms with Crippen LogP contribution in [0.2, 0.25) is 0 Å². The molecule has 3 nitrogen and oxygen atoms in total. The van der Waals surface area contributed by atoms with Gasteiger partial charge >= 0.3 is 0 Å². The van der Waals surface area contributed by atoms with Crippen molar-refractivity contribution in [3.63, 3.8) is 0 Å². The van der Waals surface area contributed by atoms with Crippen LogP contribution in [-0.4, -0.2) is 28.8 Å². The third-order valence-electron chi connectivity index (χ3n) is 3.02. The Balaban J connectivity index is 2.21. The van der Waals surface area contributed by atoms with E-state index in [1.165, 1.54) is 18.2 Å². The molecule has 0 aliphatic carbocycles. The molecule has 2 rings (SSSR count). The molecule has 0 bridgehead atoms. The Morgan fingerprint density at radius 1 is 1.23 bits per heavy atom. The van der Waals surface area contributed by atoms with E-state index in [2.05, 4.69) is 15.9 Å². The summed E-state index contributed by atoms with van der Waals surface area (Å²) in [6.07, 6.45) is -2.61. The van der Waals surface area contributed by atoms with Crippen LogP contribution in [0.5, 0.6) is 5.75 Å². The van der Waals surface area contributed by atoms with Crippen LogP contribution in [-0.2, 0) is 6.42 Å². The molecule has 0 amide bonds. The zero-order chi connectivity index (χ0) is 20.3. The first-order chi connectivity index (χ1) is 12.5. The van der Waals surface area contributed by atoms with E-state index in [0.717, 1.165) is 5.56 Å². The van der Waals surface area contributed by atoms with Crippen molar-refractivity contribution in [1.29, 1.82) is 0 Å². The van der Waals surface area contributed by atoms with E-state index in [1.807, 2.05) is 30.3 Å². The molecule has 0 aromatic heterocycles. The number of alkyl halides is 1. The summed E-state index contributed by atoms with van der Waals surface area (Å²) in [6, 6.07) is 15.3. The molecule has 0 spiro atoms. The van der Waals surface area contributed by atoms with Gasteiger partial charge in [-0.2, -0.15) is 0 Å². The van der Waals surface area contributed by atoms with Crippen molar-refractivity contribution >= 4 is 21.7 Å². The Labute approximate surface area is 146 Å². The van der Waals surface area contributed by atoms with E-state index in [-0.39, 0.29) is 23.5 Å². The number of carbonyl (C=O) groups is 1. The summed E-state index contributed by atoms with van der Waals surface area (Å²) in [7, 11) is 0. The lowest BCUT2D eigenvalue weighted by Crippen LogP contribution is -2.19. The van der Waals surface area contributed by atoms with Crippen molar-refractivity contribution in [3.8, 4) is 5.75 Å². The van der Waals surface area contributed by atoms with Gasteiger partial charge < -0.3 is 9.84 Å². The van der Waals surface area contributed by atoms with Crippen molar-refractivity contribution < 1.29 is 21.5 Å². The molecular weight excluding hydrogens is 344 g/mol. The molecule has 1 atom stereocenters. The molecule has 116 valence electrons. The molecule has 2 aromatic rings. The molecule has 4 heteroatoms. The van der Waals surface area contributed by atoms with Crippen LogP contribution in [0.3, 0.4) is 0 Å². The average Bonchev–Trinajstić information content (AvgIpc) is 2.59. The Bertz CT molecular complexity index is 791. The number of carbonyl (C=O) groups excluding carboxylic acids is 1. The number of ketones is 1. The minimum absolute atomic E-state index is 0.100. The second-order valence-corrected chi connectivity index (χ2v) is 4.95. The van der Waals surface area contributed by atoms with Crippen LogP contribution in [0.4, 0.5) is 0 Å². The Morgan fingerprint density at radius 2 is 1.91 bits per heavy atom. The monoisotopic (exact) mass is 367 g/mol. The van der Waals surface area contributed by atoms with Gasteiger partial charge in [-0.1, -0.05) is 58.4 Å². The largest absolute Gasteiger partial charge is 0.490 e. The van der Waals surface area contributed by atoms with E-state index in [1.54, 1.807) is 6.07 Å². The molecule has 1 unspecified atom stereocenters. The summed E-state index contributed by atoms with van der Waals surface area (Å²) < 4.78 is 43.2. The first kappa shape index (κ1) is 11.0. The predicted molar refractivity (Wildman–Crippen MR) is 90.8 cm³/mol. The first-order valence-corrected chi connectivity index (χ1v) is 7.51. The second kappa shape index (κ2) is 8.71. The normalized spacial score (nSPS) is 18.0. The maximum atomic E-state index is 12.6. The van der Waals surface area contributed by atoms with E-state index >= 15 is 0 Å². The van der Waals surface area contributed by atoms with Crippen molar-refractivity contribution in [2.24, 2.45) is 0 Å². The zero-order valence-electron chi connectivity index (χ0n) is 16.8. The topological polar surface area (TPSA) is 46.5 Å². The molecule has 2 aromatic carbocycles. The number of ether oxygens (including phenoxy) is 1. The number of hydrogen-bond donors (Lipinski definition) is 1. The number of para-hydroxylation sites is 1. The van der Waals surface area contributed by atoms with Crippen LogP contribution in [0.1, 0.15) is 29.2 Å². The SMILES string of the molecule is [2H]C([2H])(Br)C([2H])(O)C([2H])([2H])Oc1ccccc1C(=O)CCc1ccccc1. The van der Waals surface area contributed by atoms with Gasteiger partial charge in [0, 0.05) is 14.4 Å². The fourth-order valence-electron chi connectivity index (χ4n) is 1.95. The van der Waals surface area contributed by atoms with Crippen LogP contribution in [0, 0.1) is 0 Å². The summed E-state index contributed by atoms with van der Waals surface area (Å²) >= 11 is 2.46. The average molecular weight is 368 g/mol. The minimum atomic E-state index is -3.26. The van der Waals surface area contributed by atoms with Crippen LogP contribution in [0.15, 0.2) is 54.6 Å². The molecule has 0 heterocycles. The smallest absolute Gasteiger partial charge is 0.166 e. The molecule has 0 saturated heterocycles. The zero-order valence-corrected chi connectivity index (χ0v) is 13.3. The number of benzene rings is 2. The van der Waals surface area contributed by atoms with Gasteiger partial charge in [0.25, 0.3) is 0 Å². The summed E-state index contributed by atoms with van der Waals surface area (Å²) in [4.78, 5) is 12.6. The minimum Gasteiger partial charge on any atom is -0.490 e. The molecule has 22 heavy (non-hydrogen) atoms. The molecular formula is C18H19BrO3. The standard InChI is InChI=1S/C18H19BrO3/c19-12-15(20)13-22-18-9-5-4-8-16(18)17(21)11-10-14-6-2-1-3-7-14/h1-9,15,20H,10-13H2/i12D2,13D2,15D. The van der Waals surface area contributed by atoms with Gasteiger partial charge in [-0.25, -0.2) is 0 Å². The van der Waals surface area contributed by atoms with Gasteiger partial charge in [0.05, 0.1) is 15.8 Å². The van der Waals surface area contributed by atoms with Crippen molar-refractivity contribution in [2.45, 2.75) is 18.9 Å². The number of aryl methyl sites for hydroxylation is 1. The lowest BCUT2D eigenvalue weighted by atomic mass is 10.0. The summed E-state index contributed by atoms with van der Waals surface area (Å²) in [5, 5.41) is 7.20. The van der Waals surface area contributed by atoms with Gasteiger partial charge in [-0.3, -0.25) is 4.79 Å². The maximum Gasteiger partial charge on any atom is 0.166 e. The van der Waals surface area contributed by atoms with Gasteiger partial charge in [0.1, 0.15) is 12.3 Å². The summed E-state index contributed by atoms with van der Waals surface area (Å²) in [5.74, 6) is -0.455. The predicted octanol–water partition coefficient (Wildman–Crippen LogP) is 3.64. The van der Waals surface area contributed by atoms with E-state index in [9.17, 15) is 9.90 Å². The van der Waals surface area contributed by atoms with Crippen molar-refractivity contribution in [2.75, 3.05) is 11.8 Å². The highest BCUT2D eigenvalue weighted by Crippen LogP contribution is 2.21. The van der Waals surface area contributed by atoms with E-state index in [0.29, 0.717) is 6.42 Å². The van der Waals surface area contributed by atoms with Gasteiger partial charge in [-0.05, 0) is 24.1 Å². The Hall–Kier alpha value is -1.65. The first-order valence-electron chi connectivity index (χ1n) is 9.22. The third kappa shape index (κ3) is 4.97. The maximum absolute atomic E-state index is 12.6. The molecule has 0 saturated carbocycles. The van der Waals surface area contributed by atoms with Gasteiger partial charge in [0.15, 0.2) is 5.78 Å². The third-order valence-corrected chi connectivity index (χ3v) is 3.39. The molecule has 0 aliphatic rings. The summed E-state index contributed by atoms with van der Waals surface area (Å²) in [5.41, 5.74) is 1.08. The lowest BCUT2D eigenvalue weighted by molar-refractivity contribution is 0.0968. The lowest BCUT2D eigenvalue weighted by Gasteiger charge is -2.13. The van der Waals surface area contributed by atoms with Crippen molar-refractivity contribution in [1.82, 2.24) is 0 Å². The number of Topliss-reactive ketones (excluding diaryl/α,β-unsaturated/α-hetero) is 1. The number of aliphatic hydroxyl groups is 1. The van der Waals surface area contributed by atoms with E-state index in [4.69, 9.17) is 11.6 Å². The molecule has 1 N–H and O–H groups in total. The van der Waals surface area contributed by atoms with Crippen LogP contribution in [0.25, 0.3) is 0 Å². The Morgan fingerprint density at radius 3 is 2.64 bits per heavy atom. The van der Waals surface area contributed by atoms with E-state index < -0.39 is 17.9 Å². The van der Waals surface area contributed by atoms with Gasteiger partial charge in [-0.15, -0.1) is 0 Å². The number of hydrogen-bond acceptors (Lipinski definition) is 3. The molecule has 0 radical (unpaired) electrons. The second-order valence-electron chi connectivity index (χ2n) is 4.55. The number of rotatable bonds is 8. The summed E-state index contributed by atoms with van der Waals surface area (Å²) in [6.45, 7) is -3.13. The highest BCUT2D eigenvalue weighted by atomic mass is 79.9. The fraction of sp³-hybridized carbons (Fsp3) is 0.278. The van der Waals surface area contributed by atoms with Gasteiger partial charge in [0.2, 0.25) is 0 Å². The highest BCUT2D eigenvalue weighted by Gasteiger charge is 2.13. The highest BCUT2D eigenvalue weighted by molar-refractivity contribution is 9.09. The van der Waals surface area contributed by atoms with Crippen LogP contribution >= 0.6 is 15.9 Å². The van der Waals surface area contributed by atoms with Crippen molar-refractivity contribution in [3.05, 3.63) is 65.7 Å². The van der Waals surface area contributed by atoms with Crippen LogP contribution < -0.4 is 4.74 Å². The quantitative estimate of drug-likeness (QED) is 0.572.